The van der Waals surface area contributed by atoms with Gasteiger partial charge < -0.3 is 14.2 Å². The first-order valence-corrected chi connectivity index (χ1v) is 8.15. The monoisotopic (exact) mass is 274 g/mol. The first-order valence-electron chi connectivity index (χ1n) is 8.15. The van der Waals surface area contributed by atoms with Crippen LogP contribution < -0.4 is 0 Å². The van der Waals surface area contributed by atoms with Crippen LogP contribution in [0.25, 0.3) is 0 Å². The molecular weight excluding hydrogens is 240 g/mol. The smallest absolute Gasteiger partial charge is 0.0701 e. The SMILES string of the molecule is CCCCCCOCCOCCOCCCCCC. The largest absolute Gasteiger partial charge is 0.379 e. The summed E-state index contributed by atoms with van der Waals surface area (Å²) in [4.78, 5) is 0. The van der Waals surface area contributed by atoms with E-state index in [9.17, 15) is 0 Å². The van der Waals surface area contributed by atoms with Gasteiger partial charge in [0.2, 0.25) is 0 Å². The quantitative estimate of drug-likeness (QED) is 0.395. The van der Waals surface area contributed by atoms with Crippen molar-refractivity contribution in [2.45, 2.75) is 65.2 Å². The maximum atomic E-state index is 5.49. The molecule has 3 nitrogen and oxygen atoms in total. The van der Waals surface area contributed by atoms with Crippen LogP contribution in [0.5, 0.6) is 0 Å². The highest BCUT2D eigenvalue weighted by Gasteiger charge is 1.92. The molecule has 0 N–H and O–H groups in total. The first-order chi connectivity index (χ1) is 9.41. The number of unbranched alkanes of at least 4 members (excludes halogenated alkanes) is 6. The van der Waals surface area contributed by atoms with E-state index in [0.717, 1.165) is 13.2 Å². The predicted octanol–water partition coefficient (Wildman–Crippen LogP) is 4.20. The standard InChI is InChI=1S/C16H34O3/c1-3-5-7-9-11-17-13-15-19-16-14-18-12-10-8-6-4-2/h3-16H2,1-2H3. The van der Waals surface area contributed by atoms with E-state index in [1.165, 1.54) is 51.4 Å². The summed E-state index contributed by atoms with van der Waals surface area (Å²) in [6, 6.07) is 0. The topological polar surface area (TPSA) is 27.7 Å². The Morgan fingerprint density at radius 3 is 1.16 bits per heavy atom. The summed E-state index contributed by atoms with van der Waals surface area (Å²) in [5, 5.41) is 0. The van der Waals surface area contributed by atoms with Gasteiger partial charge in [0.05, 0.1) is 26.4 Å². The molecule has 0 bridgehead atoms. The van der Waals surface area contributed by atoms with Crippen molar-refractivity contribution < 1.29 is 14.2 Å². The highest BCUT2D eigenvalue weighted by molar-refractivity contribution is 4.41. The molecule has 0 saturated carbocycles. The van der Waals surface area contributed by atoms with E-state index in [-0.39, 0.29) is 0 Å². The number of ether oxygens (including phenoxy) is 3. The van der Waals surface area contributed by atoms with Gasteiger partial charge >= 0.3 is 0 Å². The first kappa shape index (κ1) is 18.9. The summed E-state index contributed by atoms with van der Waals surface area (Å²) in [6.45, 7) is 8.99. The summed E-state index contributed by atoms with van der Waals surface area (Å²) in [6.07, 6.45) is 10.1. The molecule has 19 heavy (non-hydrogen) atoms. The summed E-state index contributed by atoms with van der Waals surface area (Å²) in [5.74, 6) is 0. The number of hydrogen-bond acceptors (Lipinski definition) is 3. The maximum absolute atomic E-state index is 5.49. The molecular formula is C16H34O3. The van der Waals surface area contributed by atoms with Crippen molar-refractivity contribution in [2.24, 2.45) is 0 Å². The Morgan fingerprint density at radius 2 is 0.789 bits per heavy atom. The lowest BCUT2D eigenvalue weighted by molar-refractivity contribution is 0.0132. The fourth-order valence-corrected chi connectivity index (χ4v) is 1.80. The third-order valence-corrected chi connectivity index (χ3v) is 3.03. The van der Waals surface area contributed by atoms with Crippen LogP contribution in [0.4, 0.5) is 0 Å². The molecule has 0 atom stereocenters. The van der Waals surface area contributed by atoms with Gasteiger partial charge in [0.1, 0.15) is 0 Å². The molecule has 0 aliphatic carbocycles. The molecule has 0 spiro atoms. The maximum Gasteiger partial charge on any atom is 0.0701 e. The number of hydrogen-bond donors (Lipinski definition) is 0. The van der Waals surface area contributed by atoms with E-state index < -0.39 is 0 Å². The molecule has 0 aliphatic heterocycles. The van der Waals surface area contributed by atoms with Gasteiger partial charge in [-0.3, -0.25) is 0 Å². The van der Waals surface area contributed by atoms with Gasteiger partial charge in [0, 0.05) is 13.2 Å². The average molecular weight is 274 g/mol. The minimum absolute atomic E-state index is 0.687. The zero-order chi connectivity index (χ0) is 14.0. The highest BCUT2D eigenvalue weighted by Crippen LogP contribution is 1.99. The van der Waals surface area contributed by atoms with E-state index in [4.69, 9.17) is 14.2 Å². The molecule has 3 heteroatoms. The van der Waals surface area contributed by atoms with Crippen LogP contribution in [0.1, 0.15) is 65.2 Å². The molecule has 0 aromatic rings. The van der Waals surface area contributed by atoms with Crippen LogP contribution in [0.2, 0.25) is 0 Å². The van der Waals surface area contributed by atoms with Crippen molar-refractivity contribution in [3.05, 3.63) is 0 Å². The van der Waals surface area contributed by atoms with Crippen molar-refractivity contribution in [3.8, 4) is 0 Å². The normalized spacial score (nSPS) is 11.1. The molecule has 0 aromatic carbocycles. The van der Waals surface area contributed by atoms with Crippen LogP contribution in [-0.4, -0.2) is 39.6 Å². The van der Waals surface area contributed by atoms with Gasteiger partial charge in [-0.25, -0.2) is 0 Å². The lowest BCUT2D eigenvalue weighted by Gasteiger charge is -2.06. The lowest BCUT2D eigenvalue weighted by Crippen LogP contribution is -2.10. The van der Waals surface area contributed by atoms with Crippen LogP contribution in [0.15, 0.2) is 0 Å². The Morgan fingerprint density at radius 1 is 0.421 bits per heavy atom. The molecule has 0 radical (unpaired) electrons. The summed E-state index contributed by atoms with van der Waals surface area (Å²) in [5.41, 5.74) is 0. The Labute approximate surface area is 120 Å². The van der Waals surface area contributed by atoms with Crippen LogP contribution in [0, 0.1) is 0 Å². The van der Waals surface area contributed by atoms with Gasteiger partial charge in [-0.2, -0.15) is 0 Å². The van der Waals surface area contributed by atoms with Crippen LogP contribution in [-0.2, 0) is 14.2 Å². The van der Waals surface area contributed by atoms with E-state index in [0.29, 0.717) is 26.4 Å². The molecule has 0 saturated heterocycles. The molecule has 0 aromatic heterocycles. The molecule has 0 rings (SSSR count). The van der Waals surface area contributed by atoms with E-state index in [1.54, 1.807) is 0 Å². The van der Waals surface area contributed by atoms with Crippen LogP contribution >= 0.6 is 0 Å². The Balaban J connectivity index is 2.88. The summed E-state index contributed by atoms with van der Waals surface area (Å²) < 4.78 is 16.4. The fourth-order valence-electron chi connectivity index (χ4n) is 1.80. The van der Waals surface area contributed by atoms with Crippen LogP contribution in [0.3, 0.4) is 0 Å². The zero-order valence-corrected chi connectivity index (χ0v) is 13.1. The predicted molar refractivity (Wildman–Crippen MR) is 80.7 cm³/mol. The van der Waals surface area contributed by atoms with E-state index in [2.05, 4.69) is 13.8 Å². The van der Waals surface area contributed by atoms with Crippen molar-refractivity contribution in [1.29, 1.82) is 0 Å². The van der Waals surface area contributed by atoms with E-state index >= 15 is 0 Å². The molecule has 0 unspecified atom stereocenters. The minimum atomic E-state index is 0.687. The molecule has 0 aliphatic rings. The third kappa shape index (κ3) is 17.9. The zero-order valence-electron chi connectivity index (χ0n) is 13.1. The fraction of sp³-hybridized carbons (Fsp3) is 1.00. The minimum Gasteiger partial charge on any atom is -0.379 e. The Bertz CT molecular complexity index is 135. The average Bonchev–Trinajstić information content (AvgIpc) is 2.43. The Hall–Kier alpha value is -0.120. The summed E-state index contributed by atoms with van der Waals surface area (Å²) >= 11 is 0. The van der Waals surface area contributed by atoms with E-state index in [1.807, 2.05) is 0 Å². The van der Waals surface area contributed by atoms with Crippen molar-refractivity contribution >= 4 is 0 Å². The second kappa shape index (κ2) is 17.9. The molecule has 0 fully saturated rings. The van der Waals surface area contributed by atoms with Gasteiger partial charge in [-0.15, -0.1) is 0 Å². The van der Waals surface area contributed by atoms with Gasteiger partial charge in [0.25, 0.3) is 0 Å². The Kier molecular flexibility index (Phi) is 17.8. The summed E-state index contributed by atoms with van der Waals surface area (Å²) in [7, 11) is 0. The highest BCUT2D eigenvalue weighted by atomic mass is 16.5. The van der Waals surface area contributed by atoms with Crippen molar-refractivity contribution in [1.82, 2.24) is 0 Å². The number of rotatable bonds is 16. The second-order valence-corrected chi connectivity index (χ2v) is 4.96. The lowest BCUT2D eigenvalue weighted by atomic mass is 10.2. The molecule has 116 valence electrons. The van der Waals surface area contributed by atoms with Crippen molar-refractivity contribution in [3.63, 3.8) is 0 Å². The second-order valence-electron chi connectivity index (χ2n) is 4.96. The third-order valence-electron chi connectivity index (χ3n) is 3.03. The van der Waals surface area contributed by atoms with Gasteiger partial charge in [-0.05, 0) is 12.8 Å². The van der Waals surface area contributed by atoms with Gasteiger partial charge in [-0.1, -0.05) is 52.4 Å². The molecule has 0 amide bonds. The van der Waals surface area contributed by atoms with Gasteiger partial charge in [0.15, 0.2) is 0 Å². The van der Waals surface area contributed by atoms with Crippen molar-refractivity contribution in [2.75, 3.05) is 39.6 Å². The molecule has 0 heterocycles.